The number of benzene rings is 2. The molecule has 4 rings (SSSR count). The lowest BCUT2D eigenvalue weighted by Gasteiger charge is -2.42. The van der Waals surface area contributed by atoms with E-state index in [1.54, 1.807) is 0 Å². The number of aliphatic imine (C=N–C) groups is 1. The van der Waals surface area contributed by atoms with E-state index in [0.29, 0.717) is 6.61 Å². The van der Waals surface area contributed by atoms with Crippen LogP contribution in [0.3, 0.4) is 0 Å². The number of hydrogen-bond acceptors (Lipinski definition) is 6. The zero-order chi connectivity index (χ0) is 22.5. The summed E-state index contributed by atoms with van der Waals surface area (Å²) in [5.41, 5.74) is 1.59. The number of ether oxygens (including phenoxy) is 3. The molecule has 0 unspecified atom stereocenters. The number of thioether (sulfide) groups is 1. The molecule has 1 saturated heterocycles. The lowest BCUT2D eigenvalue weighted by molar-refractivity contribution is -0.205. The lowest BCUT2D eigenvalue weighted by Crippen LogP contribution is -2.57. The SMILES string of the molecule is CN(C)C1=N[C@@H]2[C@@H](OCc3ccccc3)[C@H](OCc3ccccc3)[C@@H](CC(F)F)O[C@@H]2S1. The zero-order valence-corrected chi connectivity index (χ0v) is 19.0. The van der Waals surface area contributed by atoms with Gasteiger partial charge in [0.1, 0.15) is 23.7 Å². The van der Waals surface area contributed by atoms with Crippen molar-refractivity contribution in [2.75, 3.05) is 14.1 Å². The van der Waals surface area contributed by atoms with Crippen LogP contribution in [-0.4, -0.2) is 60.4 Å². The molecule has 0 aliphatic carbocycles. The van der Waals surface area contributed by atoms with Crippen molar-refractivity contribution in [3.05, 3.63) is 71.8 Å². The summed E-state index contributed by atoms with van der Waals surface area (Å²) in [6, 6.07) is 19.1. The molecule has 5 nitrogen and oxygen atoms in total. The maximum atomic E-state index is 13.5. The number of halogens is 2. The molecule has 2 aromatic carbocycles. The van der Waals surface area contributed by atoms with Gasteiger partial charge in [-0.15, -0.1) is 0 Å². The average molecular weight is 463 g/mol. The Bertz CT molecular complexity index is 885. The van der Waals surface area contributed by atoms with E-state index in [1.165, 1.54) is 11.8 Å². The second-order valence-electron chi connectivity index (χ2n) is 8.11. The van der Waals surface area contributed by atoms with Gasteiger partial charge in [0.25, 0.3) is 0 Å². The second kappa shape index (κ2) is 10.7. The Labute approximate surface area is 191 Å². The van der Waals surface area contributed by atoms with Gasteiger partial charge in [0.15, 0.2) is 5.17 Å². The summed E-state index contributed by atoms with van der Waals surface area (Å²) in [6.45, 7) is 0.632. The van der Waals surface area contributed by atoms with Gasteiger partial charge in [-0.3, -0.25) is 4.99 Å². The Morgan fingerprint density at radius 2 is 1.50 bits per heavy atom. The van der Waals surface area contributed by atoms with E-state index in [4.69, 9.17) is 19.2 Å². The monoisotopic (exact) mass is 462 g/mol. The van der Waals surface area contributed by atoms with Crippen LogP contribution in [-0.2, 0) is 27.4 Å². The Hall–Kier alpha value is -2.00. The minimum atomic E-state index is -2.50. The van der Waals surface area contributed by atoms with Crippen LogP contribution in [0.15, 0.2) is 65.7 Å². The van der Waals surface area contributed by atoms with Crippen molar-refractivity contribution in [2.24, 2.45) is 4.99 Å². The minimum Gasteiger partial charge on any atom is -0.368 e. The Balaban J connectivity index is 1.59. The van der Waals surface area contributed by atoms with Gasteiger partial charge in [-0.05, 0) is 11.1 Å². The molecule has 0 spiro atoms. The first-order valence-electron chi connectivity index (χ1n) is 10.7. The fourth-order valence-electron chi connectivity index (χ4n) is 3.90. The predicted octanol–water partition coefficient (Wildman–Crippen LogP) is 4.57. The molecule has 0 radical (unpaired) electrons. The normalized spacial score (nSPS) is 27.3. The van der Waals surface area contributed by atoms with Gasteiger partial charge in [0, 0.05) is 20.5 Å². The molecule has 2 aliphatic heterocycles. The van der Waals surface area contributed by atoms with Gasteiger partial charge in [0.05, 0.1) is 19.3 Å². The molecule has 0 aromatic heterocycles. The molecule has 0 amide bonds. The largest absolute Gasteiger partial charge is 0.368 e. The van der Waals surface area contributed by atoms with Crippen LogP contribution in [0.4, 0.5) is 8.78 Å². The van der Waals surface area contributed by atoms with Gasteiger partial charge >= 0.3 is 0 Å². The highest BCUT2D eigenvalue weighted by Gasteiger charge is 2.51. The zero-order valence-electron chi connectivity index (χ0n) is 18.1. The number of rotatable bonds is 8. The van der Waals surface area contributed by atoms with Gasteiger partial charge in [-0.25, -0.2) is 8.78 Å². The highest BCUT2D eigenvalue weighted by molar-refractivity contribution is 8.14. The molecule has 2 aliphatic rings. The van der Waals surface area contributed by atoms with E-state index in [0.717, 1.165) is 16.3 Å². The van der Waals surface area contributed by atoms with E-state index in [2.05, 4.69) is 0 Å². The minimum absolute atomic E-state index is 0.286. The first-order valence-corrected chi connectivity index (χ1v) is 11.6. The van der Waals surface area contributed by atoms with E-state index < -0.39 is 31.2 Å². The van der Waals surface area contributed by atoms with Crippen molar-refractivity contribution in [3.63, 3.8) is 0 Å². The molecule has 5 atom stereocenters. The van der Waals surface area contributed by atoms with Gasteiger partial charge in [-0.2, -0.15) is 0 Å². The first-order chi connectivity index (χ1) is 15.5. The van der Waals surface area contributed by atoms with Crippen molar-refractivity contribution in [2.45, 2.75) is 55.8 Å². The van der Waals surface area contributed by atoms with Gasteiger partial charge < -0.3 is 19.1 Å². The van der Waals surface area contributed by atoms with Crippen LogP contribution < -0.4 is 0 Å². The van der Waals surface area contributed by atoms with Crippen LogP contribution in [0.1, 0.15) is 17.5 Å². The molecule has 2 heterocycles. The van der Waals surface area contributed by atoms with Crippen LogP contribution in [0.2, 0.25) is 0 Å². The standard InChI is InChI=1S/C24H28F2N2O3S/c1-28(2)24-27-20-22(30-15-17-11-7-4-8-12-17)21(29-14-16-9-5-3-6-10-16)18(13-19(25)26)31-23(20)32-24/h3-12,18-23H,13-15H2,1-2H3/t18-,20-,21-,22-,23-/m1/s1. The van der Waals surface area contributed by atoms with E-state index >= 15 is 0 Å². The first kappa shape index (κ1) is 23.2. The summed E-state index contributed by atoms with van der Waals surface area (Å²) in [6.07, 6.45) is -4.88. The van der Waals surface area contributed by atoms with E-state index in [1.807, 2.05) is 79.7 Å². The second-order valence-corrected chi connectivity index (χ2v) is 9.17. The van der Waals surface area contributed by atoms with Crippen LogP contribution in [0.5, 0.6) is 0 Å². The highest BCUT2D eigenvalue weighted by Crippen LogP contribution is 2.41. The summed E-state index contributed by atoms with van der Waals surface area (Å²) >= 11 is 1.45. The number of amidine groups is 1. The number of fused-ring (bicyclic) bond motifs is 1. The van der Waals surface area contributed by atoms with Crippen molar-refractivity contribution >= 4 is 16.9 Å². The molecule has 2 aromatic rings. The Morgan fingerprint density at radius 1 is 0.938 bits per heavy atom. The topological polar surface area (TPSA) is 43.3 Å². The summed E-state index contributed by atoms with van der Waals surface area (Å²) in [4.78, 5) is 6.72. The maximum absolute atomic E-state index is 13.5. The molecule has 1 fully saturated rings. The Morgan fingerprint density at radius 3 is 2.03 bits per heavy atom. The maximum Gasteiger partial charge on any atom is 0.241 e. The fraction of sp³-hybridized carbons (Fsp3) is 0.458. The molecule has 32 heavy (non-hydrogen) atoms. The molecule has 172 valence electrons. The van der Waals surface area contributed by atoms with E-state index in [-0.39, 0.29) is 18.1 Å². The summed E-state index contributed by atoms with van der Waals surface area (Å²) in [5, 5.41) is 0.799. The molecule has 0 bridgehead atoms. The predicted molar refractivity (Wildman–Crippen MR) is 122 cm³/mol. The molecular formula is C24H28F2N2O3S. The highest BCUT2D eigenvalue weighted by atomic mass is 32.2. The van der Waals surface area contributed by atoms with Crippen molar-refractivity contribution in [1.82, 2.24) is 4.90 Å². The third-order valence-electron chi connectivity index (χ3n) is 5.46. The molecule has 8 heteroatoms. The van der Waals surface area contributed by atoms with Gasteiger partial charge in [-0.1, -0.05) is 72.4 Å². The summed E-state index contributed by atoms with van der Waals surface area (Å²) < 4.78 is 45.6. The lowest BCUT2D eigenvalue weighted by atomic mass is 9.95. The fourth-order valence-corrected chi connectivity index (χ4v) is 5.05. The number of alkyl halides is 2. The van der Waals surface area contributed by atoms with Gasteiger partial charge in [0.2, 0.25) is 6.43 Å². The third-order valence-corrected chi connectivity index (χ3v) is 6.76. The molecule has 0 saturated carbocycles. The quantitative estimate of drug-likeness (QED) is 0.575. The van der Waals surface area contributed by atoms with Crippen molar-refractivity contribution in [3.8, 4) is 0 Å². The average Bonchev–Trinajstić information content (AvgIpc) is 3.22. The third kappa shape index (κ3) is 5.67. The summed E-state index contributed by atoms with van der Waals surface area (Å²) in [5.74, 6) is 0. The smallest absolute Gasteiger partial charge is 0.241 e. The summed E-state index contributed by atoms with van der Waals surface area (Å²) in [7, 11) is 3.81. The number of nitrogens with zero attached hydrogens (tertiary/aromatic N) is 2. The van der Waals surface area contributed by atoms with Crippen molar-refractivity contribution < 1.29 is 23.0 Å². The number of hydrogen-bond donors (Lipinski definition) is 0. The van der Waals surface area contributed by atoms with Crippen LogP contribution in [0.25, 0.3) is 0 Å². The van der Waals surface area contributed by atoms with E-state index in [9.17, 15) is 8.78 Å². The Kier molecular flexibility index (Phi) is 7.78. The molecular weight excluding hydrogens is 434 g/mol. The van der Waals surface area contributed by atoms with Crippen molar-refractivity contribution in [1.29, 1.82) is 0 Å². The van der Waals surface area contributed by atoms with Crippen LogP contribution in [0, 0.1) is 0 Å². The van der Waals surface area contributed by atoms with Crippen LogP contribution >= 0.6 is 11.8 Å². The molecule has 0 N–H and O–H groups in total.